The van der Waals surface area contributed by atoms with Crippen LogP contribution >= 0.6 is 0 Å². The Morgan fingerprint density at radius 2 is 1.97 bits per heavy atom. The average Bonchev–Trinajstić information content (AvgIpc) is 2.88. The van der Waals surface area contributed by atoms with Crippen molar-refractivity contribution in [3.05, 3.63) is 84.1 Å². The van der Waals surface area contributed by atoms with Gasteiger partial charge in [-0.1, -0.05) is 74.7 Å². The minimum absolute atomic E-state index is 0.0401. The Morgan fingerprint density at radius 3 is 2.82 bits per heavy atom. The number of hydrogen-bond donors (Lipinski definition) is 1. The number of carbonyl (C=O) groups excluding carboxylic acids is 1. The molecule has 0 fully saturated rings. The normalized spacial score (nSPS) is 13.0. The summed E-state index contributed by atoms with van der Waals surface area (Å²) in [5, 5.41) is 4.13. The van der Waals surface area contributed by atoms with Crippen molar-refractivity contribution in [3.63, 3.8) is 0 Å². The highest BCUT2D eigenvalue weighted by molar-refractivity contribution is 5.97. The summed E-state index contributed by atoms with van der Waals surface area (Å²) in [5.41, 5.74) is 5.15. The molecule has 1 amide bonds. The van der Waals surface area contributed by atoms with E-state index in [0.29, 0.717) is 13.0 Å². The summed E-state index contributed by atoms with van der Waals surface area (Å²) in [5.74, 6) is 0.864. The standard InChI is InChI=1S/C30H34N2O2/c1-2-3-4-10-18-31-29(33)20-25-21-32-28-17-9-8-16-27(28)30(25)24-14-11-15-26(19-24)34-22-23-12-6-5-7-13-23/h6,8-9,11-17,19,21H,2-5,7,10,18,20,22H2,1H3,(H,31,33). The van der Waals surface area contributed by atoms with Crippen LogP contribution in [0, 0.1) is 0 Å². The molecule has 1 aliphatic rings. The zero-order valence-electron chi connectivity index (χ0n) is 20.1. The number of pyridine rings is 1. The maximum absolute atomic E-state index is 12.7. The number of benzene rings is 2. The summed E-state index contributed by atoms with van der Waals surface area (Å²) >= 11 is 0. The topological polar surface area (TPSA) is 51.2 Å². The van der Waals surface area contributed by atoms with Crippen LogP contribution in [0.2, 0.25) is 0 Å². The van der Waals surface area contributed by atoms with Crippen molar-refractivity contribution in [2.75, 3.05) is 13.2 Å². The molecule has 1 N–H and O–H groups in total. The van der Waals surface area contributed by atoms with E-state index in [-0.39, 0.29) is 5.91 Å². The highest BCUT2D eigenvalue weighted by Gasteiger charge is 2.15. The van der Waals surface area contributed by atoms with Crippen LogP contribution in [0.15, 0.2) is 78.5 Å². The number of para-hydroxylation sites is 1. The first-order valence-corrected chi connectivity index (χ1v) is 12.5. The molecule has 2 aromatic carbocycles. The third-order valence-electron chi connectivity index (χ3n) is 6.16. The van der Waals surface area contributed by atoms with Crippen molar-refractivity contribution in [3.8, 4) is 16.9 Å². The maximum atomic E-state index is 12.7. The fraction of sp³-hybridized carbons (Fsp3) is 0.333. The monoisotopic (exact) mass is 454 g/mol. The van der Waals surface area contributed by atoms with E-state index in [4.69, 9.17) is 4.74 Å². The number of allylic oxidation sites excluding steroid dienone is 2. The Bertz CT molecular complexity index is 1180. The van der Waals surface area contributed by atoms with Crippen LogP contribution in [0.1, 0.15) is 51.0 Å². The number of nitrogens with one attached hydrogen (secondary N) is 1. The molecule has 0 spiro atoms. The number of ether oxygens (including phenoxy) is 1. The van der Waals surface area contributed by atoms with Crippen molar-refractivity contribution in [1.29, 1.82) is 0 Å². The number of unbranched alkanes of at least 4 members (excludes halogenated alkanes) is 3. The van der Waals surface area contributed by atoms with Gasteiger partial charge in [-0.2, -0.15) is 0 Å². The van der Waals surface area contributed by atoms with E-state index < -0.39 is 0 Å². The lowest BCUT2D eigenvalue weighted by Gasteiger charge is -2.15. The number of nitrogens with zero attached hydrogens (tertiary/aromatic N) is 1. The molecule has 0 unspecified atom stereocenters. The first-order chi connectivity index (χ1) is 16.7. The van der Waals surface area contributed by atoms with E-state index in [1.807, 2.05) is 36.5 Å². The van der Waals surface area contributed by atoms with E-state index in [1.54, 1.807) is 0 Å². The zero-order valence-corrected chi connectivity index (χ0v) is 20.1. The van der Waals surface area contributed by atoms with E-state index in [0.717, 1.165) is 65.6 Å². The number of aromatic nitrogens is 1. The van der Waals surface area contributed by atoms with Gasteiger partial charge in [-0.15, -0.1) is 0 Å². The Labute approximate surface area is 202 Å². The van der Waals surface area contributed by atoms with Gasteiger partial charge in [0.15, 0.2) is 0 Å². The molecular formula is C30H34N2O2. The second-order valence-electron chi connectivity index (χ2n) is 8.84. The minimum Gasteiger partial charge on any atom is -0.489 e. The highest BCUT2D eigenvalue weighted by atomic mass is 16.5. The van der Waals surface area contributed by atoms with E-state index >= 15 is 0 Å². The second-order valence-corrected chi connectivity index (χ2v) is 8.84. The molecular weight excluding hydrogens is 420 g/mol. The number of carbonyl (C=O) groups is 1. The summed E-state index contributed by atoms with van der Waals surface area (Å²) in [4.78, 5) is 17.4. The molecule has 4 rings (SSSR count). The lowest BCUT2D eigenvalue weighted by atomic mass is 9.94. The lowest BCUT2D eigenvalue weighted by molar-refractivity contribution is -0.120. The maximum Gasteiger partial charge on any atom is 0.224 e. The third kappa shape index (κ3) is 6.34. The Morgan fingerprint density at radius 1 is 1.06 bits per heavy atom. The molecule has 34 heavy (non-hydrogen) atoms. The molecule has 1 aromatic heterocycles. The van der Waals surface area contributed by atoms with Gasteiger partial charge in [-0.05, 0) is 59.7 Å². The van der Waals surface area contributed by atoms with E-state index in [2.05, 4.69) is 53.7 Å². The SMILES string of the molecule is CCCCCCNC(=O)Cc1cnc2ccccc2c1-c1cccc(OCC2=CCCC=C2)c1. The van der Waals surface area contributed by atoms with Gasteiger partial charge in [0.25, 0.3) is 0 Å². The van der Waals surface area contributed by atoms with Crippen LogP contribution in [-0.4, -0.2) is 24.0 Å². The summed E-state index contributed by atoms with van der Waals surface area (Å²) in [6, 6.07) is 16.3. The molecule has 0 bridgehead atoms. The van der Waals surface area contributed by atoms with Gasteiger partial charge in [-0.3, -0.25) is 9.78 Å². The van der Waals surface area contributed by atoms with Gasteiger partial charge >= 0.3 is 0 Å². The summed E-state index contributed by atoms with van der Waals surface area (Å²) in [6.45, 7) is 3.48. The molecule has 3 aromatic rings. The van der Waals surface area contributed by atoms with Crippen molar-refractivity contribution in [2.45, 2.75) is 51.9 Å². The van der Waals surface area contributed by atoms with Gasteiger partial charge in [0, 0.05) is 18.1 Å². The van der Waals surface area contributed by atoms with Crippen molar-refractivity contribution >= 4 is 16.8 Å². The molecule has 1 heterocycles. The smallest absolute Gasteiger partial charge is 0.224 e. The Kier molecular flexibility index (Phi) is 8.50. The molecule has 176 valence electrons. The quantitative estimate of drug-likeness (QED) is 0.324. The second kappa shape index (κ2) is 12.2. The average molecular weight is 455 g/mol. The van der Waals surface area contributed by atoms with Crippen molar-refractivity contribution < 1.29 is 9.53 Å². The molecule has 0 aliphatic heterocycles. The number of rotatable bonds is 11. The van der Waals surface area contributed by atoms with Gasteiger partial charge < -0.3 is 10.1 Å². The number of hydrogen-bond acceptors (Lipinski definition) is 3. The summed E-state index contributed by atoms with van der Waals surface area (Å²) in [7, 11) is 0. The molecule has 1 aliphatic carbocycles. The van der Waals surface area contributed by atoms with Crippen LogP contribution in [-0.2, 0) is 11.2 Å². The van der Waals surface area contributed by atoms with Crippen molar-refractivity contribution in [1.82, 2.24) is 10.3 Å². The molecule has 4 heteroatoms. The van der Waals surface area contributed by atoms with Crippen molar-refractivity contribution in [2.24, 2.45) is 0 Å². The van der Waals surface area contributed by atoms with Gasteiger partial charge in [0.2, 0.25) is 5.91 Å². The van der Waals surface area contributed by atoms with Gasteiger partial charge in [0.1, 0.15) is 12.4 Å². The first-order valence-electron chi connectivity index (χ1n) is 12.5. The minimum atomic E-state index is 0.0401. The van der Waals surface area contributed by atoms with Gasteiger partial charge in [0.05, 0.1) is 11.9 Å². The van der Waals surface area contributed by atoms with Crippen LogP contribution in [0.5, 0.6) is 5.75 Å². The predicted molar refractivity (Wildman–Crippen MR) is 140 cm³/mol. The molecule has 0 saturated carbocycles. The van der Waals surface area contributed by atoms with Crippen LogP contribution in [0.3, 0.4) is 0 Å². The third-order valence-corrected chi connectivity index (χ3v) is 6.16. The fourth-order valence-corrected chi connectivity index (χ4v) is 4.36. The van der Waals surface area contributed by atoms with E-state index in [9.17, 15) is 4.79 Å². The largest absolute Gasteiger partial charge is 0.489 e. The molecule has 4 nitrogen and oxygen atoms in total. The Balaban J connectivity index is 1.56. The fourth-order valence-electron chi connectivity index (χ4n) is 4.36. The lowest BCUT2D eigenvalue weighted by Crippen LogP contribution is -2.26. The van der Waals surface area contributed by atoms with Crippen LogP contribution in [0.25, 0.3) is 22.0 Å². The predicted octanol–water partition coefficient (Wildman–Crippen LogP) is 6.80. The number of fused-ring (bicyclic) bond motifs is 1. The molecule has 0 saturated heterocycles. The first kappa shape index (κ1) is 23.7. The number of amides is 1. The molecule has 0 atom stereocenters. The highest BCUT2D eigenvalue weighted by Crippen LogP contribution is 2.33. The van der Waals surface area contributed by atoms with E-state index in [1.165, 1.54) is 18.4 Å². The zero-order chi connectivity index (χ0) is 23.6. The summed E-state index contributed by atoms with van der Waals surface area (Å²) in [6.07, 6.45) is 15.5. The van der Waals surface area contributed by atoms with Crippen LogP contribution < -0.4 is 10.1 Å². The Hall–Kier alpha value is -3.40. The van der Waals surface area contributed by atoms with Crippen LogP contribution in [0.4, 0.5) is 0 Å². The molecule has 0 radical (unpaired) electrons. The van der Waals surface area contributed by atoms with Gasteiger partial charge in [-0.25, -0.2) is 0 Å². The summed E-state index contributed by atoms with van der Waals surface area (Å²) < 4.78 is 6.11.